The van der Waals surface area contributed by atoms with E-state index in [0.29, 0.717) is 39.0 Å². The molecule has 0 saturated carbocycles. The Morgan fingerprint density at radius 1 is 0.831 bits per heavy atom. The number of benzene rings is 5. The minimum absolute atomic E-state index is 0.0574. The van der Waals surface area contributed by atoms with Gasteiger partial charge in [0.1, 0.15) is 24.0 Å². The zero-order valence-corrected chi connectivity index (χ0v) is 37.3. The van der Waals surface area contributed by atoms with E-state index >= 15 is 0 Å². The number of para-hydroxylation sites is 2. The zero-order chi connectivity index (χ0) is 46.4. The quantitative estimate of drug-likeness (QED) is 0.0848. The molecule has 7 rings (SSSR count). The molecule has 1 aliphatic heterocycles. The Balaban J connectivity index is 1.12. The largest absolute Gasteiger partial charge is 0.496 e. The van der Waals surface area contributed by atoms with Gasteiger partial charge < -0.3 is 39.4 Å². The number of hydrogen-bond donors (Lipinski definition) is 3. The van der Waals surface area contributed by atoms with Crippen LogP contribution in [0.2, 0.25) is 0 Å². The van der Waals surface area contributed by atoms with Crippen LogP contribution in [0.5, 0.6) is 5.75 Å². The van der Waals surface area contributed by atoms with Crippen LogP contribution in [0.25, 0.3) is 21.9 Å². The van der Waals surface area contributed by atoms with Crippen molar-refractivity contribution in [2.45, 2.75) is 64.3 Å². The lowest BCUT2D eigenvalue weighted by Crippen LogP contribution is -2.56. The molecule has 0 aromatic heterocycles. The zero-order valence-electron chi connectivity index (χ0n) is 37.3. The van der Waals surface area contributed by atoms with E-state index in [-0.39, 0.29) is 45.1 Å². The maximum atomic E-state index is 14.9. The van der Waals surface area contributed by atoms with Gasteiger partial charge in [0.15, 0.2) is 0 Å². The molecule has 1 aliphatic carbocycles. The summed E-state index contributed by atoms with van der Waals surface area (Å²) in [6.45, 7) is 6.22. The van der Waals surface area contributed by atoms with E-state index in [4.69, 9.17) is 18.9 Å². The van der Waals surface area contributed by atoms with Crippen molar-refractivity contribution in [3.8, 4) is 16.9 Å². The van der Waals surface area contributed by atoms with E-state index in [0.717, 1.165) is 22.3 Å². The van der Waals surface area contributed by atoms with Crippen molar-refractivity contribution in [1.82, 2.24) is 16.0 Å². The average Bonchev–Trinajstić information content (AvgIpc) is 3.56. The van der Waals surface area contributed by atoms with E-state index in [2.05, 4.69) is 28.1 Å². The lowest BCUT2D eigenvalue weighted by Gasteiger charge is -2.27. The first kappa shape index (κ1) is 45.8. The smallest absolute Gasteiger partial charge is 0.407 e. The summed E-state index contributed by atoms with van der Waals surface area (Å²) >= 11 is 0. The first-order chi connectivity index (χ1) is 31.2. The molecular weight excluding hydrogens is 831 g/mol. The number of ether oxygens (including phenoxy) is 4. The number of anilines is 2. The van der Waals surface area contributed by atoms with E-state index < -0.39 is 53.4 Å². The number of nitrogens with zero attached hydrogens (tertiary/aromatic N) is 2. The Morgan fingerprint density at radius 3 is 2.15 bits per heavy atom. The van der Waals surface area contributed by atoms with Crippen LogP contribution in [0.3, 0.4) is 0 Å². The van der Waals surface area contributed by atoms with Crippen LogP contribution >= 0.6 is 0 Å². The fourth-order valence-corrected chi connectivity index (χ4v) is 8.28. The SMILES string of the molecule is COC(=O)c1ccc2c(CN3C(=O)[C@@H](NC(=O)[C@H](C)NCC(=O)OC(C)(C)C)CN(C(=O)CCNC(=O)OCC4c5ccccc5-c5ccccc54)c4ccccc43)c(OC)ccc2c1. The molecule has 5 aromatic rings. The number of amides is 4. The fraction of sp³-hybridized carbons (Fsp3) is 0.320. The number of alkyl carbamates (subject to hydrolysis) is 1. The number of rotatable bonds is 14. The van der Waals surface area contributed by atoms with Crippen molar-refractivity contribution in [1.29, 1.82) is 0 Å². The first-order valence-electron chi connectivity index (χ1n) is 21.4. The Bertz CT molecular complexity index is 2600. The summed E-state index contributed by atoms with van der Waals surface area (Å²) in [6.07, 6.45) is -0.848. The van der Waals surface area contributed by atoms with Crippen LogP contribution in [0, 0.1) is 0 Å². The highest BCUT2D eigenvalue weighted by atomic mass is 16.6. The Morgan fingerprint density at radius 2 is 1.49 bits per heavy atom. The summed E-state index contributed by atoms with van der Waals surface area (Å²) in [4.78, 5) is 83.9. The number of fused-ring (bicyclic) bond motifs is 5. The summed E-state index contributed by atoms with van der Waals surface area (Å²) in [5.74, 6) is -2.30. The third-order valence-corrected chi connectivity index (χ3v) is 11.4. The Hall–Kier alpha value is -7.26. The lowest BCUT2D eigenvalue weighted by atomic mass is 9.98. The second kappa shape index (κ2) is 19.6. The highest BCUT2D eigenvalue weighted by Crippen LogP contribution is 2.44. The number of hydrogen-bond acceptors (Lipinski definition) is 11. The number of carbonyl (C=O) groups is 6. The Kier molecular flexibility index (Phi) is 13.8. The molecule has 65 heavy (non-hydrogen) atoms. The molecular formula is C50H53N5O10. The third kappa shape index (κ3) is 10.3. The summed E-state index contributed by atoms with van der Waals surface area (Å²) in [6, 6.07) is 29.3. The molecule has 0 radical (unpaired) electrons. The van der Waals surface area contributed by atoms with Crippen LogP contribution < -0.4 is 30.5 Å². The van der Waals surface area contributed by atoms with Gasteiger partial charge in [0.25, 0.3) is 5.91 Å². The van der Waals surface area contributed by atoms with Crippen molar-refractivity contribution in [3.63, 3.8) is 0 Å². The fourth-order valence-electron chi connectivity index (χ4n) is 8.28. The molecule has 1 heterocycles. The van der Waals surface area contributed by atoms with E-state index in [1.807, 2.05) is 36.4 Å². The summed E-state index contributed by atoms with van der Waals surface area (Å²) in [5.41, 5.74) is 5.34. The second-order valence-electron chi connectivity index (χ2n) is 16.8. The van der Waals surface area contributed by atoms with Crippen molar-refractivity contribution in [2.75, 3.05) is 50.3 Å². The van der Waals surface area contributed by atoms with Gasteiger partial charge in [0, 0.05) is 24.4 Å². The molecule has 3 N–H and O–H groups in total. The maximum Gasteiger partial charge on any atom is 0.407 e. The van der Waals surface area contributed by atoms with Gasteiger partial charge in [0.05, 0.1) is 56.8 Å². The Labute approximate surface area is 377 Å². The minimum atomic E-state index is -1.27. The molecule has 2 atom stereocenters. The molecule has 15 heteroatoms. The molecule has 5 aromatic carbocycles. The summed E-state index contributed by atoms with van der Waals surface area (Å²) in [7, 11) is 2.81. The molecule has 0 fully saturated rings. The van der Waals surface area contributed by atoms with Gasteiger partial charge in [-0.25, -0.2) is 9.59 Å². The highest BCUT2D eigenvalue weighted by molar-refractivity contribution is 6.09. The predicted molar refractivity (Wildman–Crippen MR) is 245 cm³/mol. The van der Waals surface area contributed by atoms with Crippen molar-refractivity contribution >= 4 is 57.9 Å². The van der Waals surface area contributed by atoms with Gasteiger partial charge in [-0.2, -0.15) is 0 Å². The number of carbonyl (C=O) groups excluding carboxylic acids is 6. The molecule has 4 amide bonds. The normalized spacial score (nSPS) is 14.9. The van der Waals surface area contributed by atoms with Crippen molar-refractivity contribution in [2.24, 2.45) is 0 Å². The van der Waals surface area contributed by atoms with Gasteiger partial charge in [-0.15, -0.1) is 0 Å². The molecule has 338 valence electrons. The van der Waals surface area contributed by atoms with Crippen LogP contribution in [-0.4, -0.2) is 93.9 Å². The van der Waals surface area contributed by atoms with Crippen molar-refractivity contribution in [3.05, 3.63) is 125 Å². The van der Waals surface area contributed by atoms with Gasteiger partial charge in [-0.05, 0) is 91.1 Å². The minimum Gasteiger partial charge on any atom is -0.496 e. The van der Waals surface area contributed by atoms with Gasteiger partial charge in [-0.3, -0.25) is 24.5 Å². The topological polar surface area (TPSA) is 182 Å². The summed E-state index contributed by atoms with van der Waals surface area (Å²) in [5, 5.41) is 9.78. The molecule has 0 bridgehead atoms. The monoisotopic (exact) mass is 883 g/mol. The standard InChI is InChI=1S/C50H53N5O10/c1-30(52-26-45(57)65-50(2,3)4)46(58)53-40-28-54(44(56)23-24-51-49(61)64-29-39-36-15-9-7-13-34(36)35-14-8-10-16-37(35)39)41-17-11-12-18-42(41)55(47(40)59)27-38-33-21-19-32(48(60)63-6)25-31(33)20-22-43(38)62-5/h7-22,25,30,39-40,52H,23-24,26-29H2,1-6H3,(H,51,61)(H,53,58)/t30-,40-/m0/s1. The summed E-state index contributed by atoms with van der Waals surface area (Å²) < 4.78 is 21.8. The van der Waals surface area contributed by atoms with E-state index in [9.17, 15) is 28.8 Å². The van der Waals surface area contributed by atoms with Crippen LogP contribution in [0.15, 0.2) is 103 Å². The maximum absolute atomic E-state index is 14.9. The number of nitrogens with one attached hydrogen (secondary N) is 3. The predicted octanol–water partition coefficient (Wildman–Crippen LogP) is 6.25. The van der Waals surface area contributed by atoms with Crippen LogP contribution in [0.1, 0.15) is 67.1 Å². The molecule has 0 spiro atoms. The third-order valence-electron chi connectivity index (χ3n) is 11.4. The molecule has 15 nitrogen and oxygen atoms in total. The highest BCUT2D eigenvalue weighted by Gasteiger charge is 2.38. The average molecular weight is 884 g/mol. The van der Waals surface area contributed by atoms with Crippen LogP contribution in [-0.2, 0) is 39.9 Å². The lowest BCUT2D eigenvalue weighted by molar-refractivity contribution is -0.153. The van der Waals surface area contributed by atoms with Crippen LogP contribution in [0.4, 0.5) is 16.2 Å². The van der Waals surface area contributed by atoms with Gasteiger partial charge in [0.2, 0.25) is 11.8 Å². The van der Waals surface area contributed by atoms with Gasteiger partial charge in [-0.1, -0.05) is 72.8 Å². The van der Waals surface area contributed by atoms with E-state index in [1.54, 1.807) is 82.3 Å². The molecule has 2 aliphatic rings. The van der Waals surface area contributed by atoms with E-state index in [1.165, 1.54) is 24.0 Å². The second-order valence-corrected chi connectivity index (χ2v) is 16.8. The van der Waals surface area contributed by atoms with Crippen molar-refractivity contribution < 1.29 is 47.7 Å². The number of esters is 2. The molecule has 0 saturated heterocycles. The molecule has 0 unspecified atom stereocenters. The van der Waals surface area contributed by atoms with Gasteiger partial charge >= 0.3 is 18.0 Å². The first-order valence-corrected chi connectivity index (χ1v) is 21.4. The number of methoxy groups -OCH3 is 2.